The van der Waals surface area contributed by atoms with E-state index in [1.54, 1.807) is 25.1 Å². The molecule has 148 valence electrons. The number of hydrogen-bond acceptors (Lipinski definition) is 3. The van der Waals surface area contributed by atoms with E-state index in [4.69, 9.17) is 0 Å². The van der Waals surface area contributed by atoms with E-state index in [1.807, 2.05) is 0 Å². The van der Waals surface area contributed by atoms with E-state index < -0.39 is 38.5 Å². The third kappa shape index (κ3) is 3.83. The number of sulfone groups is 1. The summed E-state index contributed by atoms with van der Waals surface area (Å²) in [6.07, 6.45) is -2.19. The van der Waals surface area contributed by atoms with Gasteiger partial charge in [0, 0.05) is 16.3 Å². The smallest absolute Gasteiger partial charge is 0.233 e. The molecule has 3 aromatic rings. The van der Waals surface area contributed by atoms with Gasteiger partial charge in [-0.05, 0) is 48.9 Å². The summed E-state index contributed by atoms with van der Waals surface area (Å²) in [4.78, 5) is -0.812. The van der Waals surface area contributed by atoms with Crippen LogP contribution < -0.4 is 0 Å². The van der Waals surface area contributed by atoms with Crippen LogP contribution in [0.2, 0.25) is 0 Å². The molecule has 0 N–H and O–H groups in total. The number of aryl methyl sites for hydroxylation is 1. The van der Waals surface area contributed by atoms with Gasteiger partial charge in [0.1, 0.15) is 22.2 Å². The molecule has 0 bridgehead atoms. The molecule has 0 atom stereocenters. The Labute approximate surface area is 166 Å². The average molecular weight is 477 g/mol. The quantitative estimate of drug-likeness (QED) is 0.484. The van der Waals surface area contributed by atoms with Crippen LogP contribution in [0.25, 0.3) is 16.9 Å². The van der Waals surface area contributed by atoms with Crippen molar-refractivity contribution in [1.82, 2.24) is 9.78 Å². The molecular weight excluding hydrogens is 464 g/mol. The van der Waals surface area contributed by atoms with Gasteiger partial charge >= 0.3 is 0 Å². The van der Waals surface area contributed by atoms with Crippen LogP contribution in [0, 0.1) is 18.6 Å². The largest absolute Gasteiger partial charge is 0.282 e. The highest BCUT2D eigenvalue weighted by Gasteiger charge is 2.23. The first-order chi connectivity index (χ1) is 13.0. The summed E-state index contributed by atoms with van der Waals surface area (Å²) < 4.78 is 80.3. The van der Waals surface area contributed by atoms with Crippen LogP contribution in [0.5, 0.6) is 0 Å². The molecule has 2 aromatic carbocycles. The van der Waals surface area contributed by atoms with Crippen molar-refractivity contribution in [3.05, 3.63) is 63.8 Å². The second-order valence-electron chi connectivity index (χ2n) is 6.14. The monoisotopic (exact) mass is 476 g/mol. The highest BCUT2D eigenvalue weighted by Crippen LogP contribution is 2.33. The molecule has 10 heteroatoms. The minimum absolute atomic E-state index is 0.131. The summed E-state index contributed by atoms with van der Waals surface area (Å²) in [5, 5.41) is 3.81. The van der Waals surface area contributed by atoms with E-state index in [2.05, 4.69) is 21.0 Å². The minimum atomic E-state index is -4.00. The summed E-state index contributed by atoms with van der Waals surface area (Å²) in [6, 6.07) is 7.02. The summed E-state index contributed by atoms with van der Waals surface area (Å²) in [7, 11) is -4.00. The lowest BCUT2D eigenvalue weighted by Crippen LogP contribution is -2.05. The normalized spacial score (nSPS) is 12.0. The lowest BCUT2D eigenvalue weighted by atomic mass is 10.1. The number of alkyl halides is 2. The predicted octanol–water partition coefficient (Wildman–Crippen LogP) is 5.23. The first kappa shape index (κ1) is 20.5. The van der Waals surface area contributed by atoms with Gasteiger partial charge < -0.3 is 0 Å². The van der Waals surface area contributed by atoms with Crippen molar-refractivity contribution in [3.63, 3.8) is 0 Å². The van der Waals surface area contributed by atoms with Crippen LogP contribution in [0.4, 0.5) is 17.6 Å². The van der Waals surface area contributed by atoms with Crippen molar-refractivity contribution in [1.29, 1.82) is 0 Å². The summed E-state index contributed by atoms with van der Waals surface area (Å²) in [5.74, 6) is -2.25. The molecule has 0 saturated carbocycles. The third-order valence-electron chi connectivity index (χ3n) is 4.03. The summed E-state index contributed by atoms with van der Waals surface area (Å²) in [6.45, 7) is 1.77. The second kappa shape index (κ2) is 7.32. The topological polar surface area (TPSA) is 52.0 Å². The molecule has 0 aliphatic heterocycles. The van der Waals surface area contributed by atoms with Gasteiger partial charge in [-0.3, -0.25) is 0 Å². The van der Waals surface area contributed by atoms with E-state index in [0.29, 0.717) is 17.8 Å². The molecule has 28 heavy (non-hydrogen) atoms. The Hall–Kier alpha value is -2.20. The number of hydrogen-bond donors (Lipinski definition) is 0. The standard InChI is InChI=1S/C18H13BrF4N2O2S/c1-9-5-10(3-4-12(9)19)25-16(8-15(24-25)18(22)23)11-6-14(21)17(7-13(11)20)28(2,26)27/h3-8,18H,1-2H3. The molecule has 0 unspecified atom stereocenters. The van der Waals surface area contributed by atoms with Crippen LogP contribution >= 0.6 is 15.9 Å². The zero-order valence-electron chi connectivity index (χ0n) is 14.6. The highest BCUT2D eigenvalue weighted by atomic mass is 79.9. The van der Waals surface area contributed by atoms with Gasteiger partial charge in [0.15, 0.2) is 9.84 Å². The molecule has 3 rings (SSSR count). The fourth-order valence-electron chi connectivity index (χ4n) is 2.66. The van der Waals surface area contributed by atoms with Gasteiger partial charge in [0.2, 0.25) is 0 Å². The molecule has 0 fully saturated rings. The molecular formula is C18H13BrF4N2O2S. The minimum Gasteiger partial charge on any atom is -0.233 e. The highest BCUT2D eigenvalue weighted by molar-refractivity contribution is 9.10. The van der Waals surface area contributed by atoms with Crippen LogP contribution in [0.3, 0.4) is 0 Å². The number of rotatable bonds is 4. The molecule has 0 saturated heterocycles. The Morgan fingerprint density at radius 3 is 2.32 bits per heavy atom. The summed E-state index contributed by atoms with van der Waals surface area (Å²) in [5.41, 5.74) is -0.00728. The van der Waals surface area contributed by atoms with Gasteiger partial charge in [-0.25, -0.2) is 30.7 Å². The van der Waals surface area contributed by atoms with Crippen molar-refractivity contribution in [2.24, 2.45) is 0 Å². The Balaban J connectivity index is 2.27. The number of halogens is 5. The third-order valence-corrected chi connectivity index (χ3v) is 6.04. The zero-order chi connectivity index (χ0) is 20.8. The van der Waals surface area contributed by atoms with Gasteiger partial charge in [0.25, 0.3) is 6.43 Å². The molecule has 1 aromatic heterocycles. The van der Waals surface area contributed by atoms with E-state index in [-0.39, 0.29) is 11.3 Å². The Kier molecular flexibility index (Phi) is 5.37. The number of benzene rings is 2. The van der Waals surface area contributed by atoms with Crippen molar-refractivity contribution >= 4 is 25.8 Å². The molecule has 4 nitrogen and oxygen atoms in total. The average Bonchev–Trinajstić information content (AvgIpc) is 3.03. The maximum atomic E-state index is 14.6. The van der Waals surface area contributed by atoms with E-state index in [1.165, 1.54) is 0 Å². The lowest BCUT2D eigenvalue weighted by Gasteiger charge is -2.11. The molecule has 0 spiro atoms. The maximum Gasteiger partial charge on any atom is 0.282 e. The van der Waals surface area contributed by atoms with Crippen LogP contribution in [-0.4, -0.2) is 24.5 Å². The zero-order valence-corrected chi connectivity index (χ0v) is 17.0. The Morgan fingerprint density at radius 2 is 1.75 bits per heavy atom. The molecule has 0 aliphatic carbocycles. The van der Waals surface area contributed by atoms with Gasteiger partial charge in [-0.2, -0.15) is 5.10 Å². The molecule has 0 radical (unpaired) electrons. The maximum absolute atomic E-state index is 14.6. The molecule has 1 heterocycles. The van der Waals surface area contributed by atoms with Crippen molar-refractivity contribution < 1.29 is 26.0 Å². The van der Waals surface area contributed by atoms with Crippen molar-refractivity contribution in [2.75, 3.05) is 6.26 Å². The van der Waals surface area contributed by atoms with E-state index in [0.717, 1.165) is 27.0 Å². The number of nitrogens with zero attached hydrogens (tertiary/aromatic N) is 2. The van der Waals surface area contributed by atoms with Gasteiger partial charge in [-0.15, -0.1) is 0 Å². The van der Waals surface area contributed by atoms with Crippen LogP contribution in [0.15, 0.2) is 45.8 Å². The Morgan fingerprint density at radius 1 is 1.07 bits per heavy atom. The van der Waals surface area contributed by atoms with E-state index in [9.17, 15) is 26.0 Å². The van der Waals surface area contributed by atoms with Crippen molar-refractivity contribution in [3.8, 4) is 16.9 Å². The van der Waals surface area contributed by atoms with Gasteiger partial charge in [0.05, 0.1) is 11.4 Å². The molecule has 0 amide bonds. The van der Waals surface area contributed by atoms with Crippen molar-refractivity contribution in [2.45, 2.75) is 18.2 Å². The van der Waals surface area contributed by atoms with Crippen LogP contribution in [0.1, 0.15) is 17.7 Å². The summed E-state index contributed by atoms with van der Waals surface area (Å²) >= 11 is 3.33. The molecule has 0 aliphatic rings. The second-order valence-corrected chi connectivity index (χ2v) is 8.97. The fraction of sp³-hybridized carbons (Fsp3) is 0.167. The SMILES string of the molecule is Cc1cc(-n2nc(C(F)F)cc2-c2cc(F)c(S(C)(=O)=O)cc2F)ccc1Br. The van der Waals surface area contributed by atoms with Crippen LogP contribution in [-0.2, 0) is 9.84 Å². The fourth-order valence-corrected chi connectivity index (χ4v) is 3.64. The predicted molar refractivity (Wildman–Crippen MR) is 99.4 cm³/mol. The Bertz CT molecular complexity index is 1180. The first-order valence-corrected chi connectivity index (χ1v) is 10.5. The van der Waals surface area contributed by atoms with E-state index >= 15 is 0 Å². The lowest BCUT2D eigenvalue weighted by molar-refractivity contribution is 0.145. The first-order valence-electron chi connectivity index (χ1n) is 7.83. The van der Waals surface area contributed by atoms with Gasteiger partial charge in [-0.1, -0.05) is 15.9 Å². The number of aromatic nitrogens is 2.